The number of anilines is 1. The van der Waals surface area contributed by atoms with Crippen molar-refractivity contribution in [2.45, 2.75) is 0 Å². The van der Waals surface area contributed by atoms with E-state index in [0.717, 1.165) is 20.7 Å². The number of benzene rings is 1. The molecule has 0 fully saturated rings. The molecule has 2 aromatic heterocycles. The summed E-state index contributed by atoms with van der Waals surface area (Å²) in [6, 6.07) is 9.54. The molecule has 0 bridgehead atoms. The summed E-state index contributed by atoms with van der Waals surface area (Å²) < 4.78 is 0.871. The van der Waals surface area contributed by atoms with Gasteiger partial charge >= 0.3 is 5.97 Å². The van der Waals surface area contributed by atoms with E-state index < -0.39 is 5.97 Å². The van der Waals surface area contributed by atoms with Gasteiger partial charge in [0.25, 0.3) is 0 Å². The van der Waals surface area contributed by atoms with Crippen molar-refractivity contribution in [1.82, 2.24) is 9.97 Å². The minimum absolute atomic E-state index is 0.111. The molecule has 22 heavy (non-hydrogen) atoms. The summed E-state index contributed by atoms with van der Waals surface area (Å²) in [7, 11) is 1.71. The van der Waals surface area contributed by atoms with Gasteiger partial charge in [-0.1, -0.05) is 23.7 Å². The van der Waals surface area contributed by atoms with Gasteiger partial charge in [0.15, 0.2) is 0 Å². The molecule has 0 spiro atoms. The molecule has 3 aromatic rings. The van der Waals surface area contributed by atoms with Crippen molar-refractivity contribution >= 4 is 44.9 Å². The molecule has 0 aliphatic carbocycles. The quantitative estimate of drug-likeness (QED) is 0.791. The van der Waals surface area contributed by atoms with E-state index in [1.54, 1.807) is 11.9 Å². The number of likely N-dealkylation sites (N-methyl/N-ethyl adjacent to an activating group) is 1. The van der Waals surface area contributed by atoms with Gasteiger partial charge < -0.3 is 10.0 Å². The standard InChI is InChI=1S/C15H12ClN3O2S/c1-19(7-13(20)21)15-14-11(17-8-18-15)6-12(22-14)9-2-4-10(16)5-3-9/h2-6,8H,7H2,1H3,(H,20,21). The van der Waals surface area contributed by atoms with E-state index >= 15 is 0 Å². The fraction of sp³-hybridized carbons (Fsp3) is 0.133. The van der Waals surface area contributed by atoms with Gasteiger partial charge in [0, 0.05) is 16.9 Å². The van der Waals surface area contributed by atoms with Gasteiger partial charge in [-0.3, -0.25) is 4.79 Å². The molecule has 0 aliphatic heterocycles. The number of nitrogens with zero attached hydrogens (tertiary/aromatic N) is 3. The van der Waals surface area contributed by atoms with Crippen LogP contribution in [0.2, 0.25) is 5.02 Å². The van der Waals surface area contributed by atoms with E-state index in [1.165, 1.54) is 17.7 Å². The van der Waals surface area contributed by atoms with Crippen LogP contribution < -0.4 is 4.90 Å². The van der Waals surface area contributed by atoms with Crippen LogP contribution in [-0.2, 0) is 4.79 Å². The number of carboxylic acids is 1. The number of carboxylic acid groups (broad SMARTS) is 1. The third-order valence-corrected chi connectivity index (χ3v) is 4.58. The van der Waals surface area contributed by atoms with Crippen LogP contribution in [0.5, 0.6) is 0 Å². The normalized spacial score (nSPS) is 10.8. The molecule has 112 valence electrons. The molecule has 0 atom stereocenters. The molecule has 0 aliphatic rings. The molecule has 0 saturated carbocycles. The second-order valence-electron chi connectivity index (χ2n) is 4.78. The molecular formula is C15H12ClN3O2S. The first kappa shape index (κ1) is 14.7. The minimum Gasteiger partial charge on any atom is -0.480 e. The number of halogens is 1. The van der Waals surface area contributed by atoms with Crippen molar-refractivity contribution < 1.29 is 9.90 Å². The summed E-state index contributed by atoms with van der Waals surface area (Å²) in [5.41, 5.74) is 1.84. The molecule has 0 radical (unpaired) electrons. The van der Waals surface area contributed by atoms with E-state index in [9.17, 15) is 4.79 Å². The zero-order valence-corrected chi connectivity index (χ0v) is 13.2. The van der Waals surface area contributed by atoms with E-state index in [4.69, 9.17) is 16.7 Å². The number of aromatic nitrogens is 2. The fourth-order valence-corrected chi connectivity index (χ4v) is 3.43. The number of fused-ring (bicyclic) bond motifs is 1. The second-order valence-corrected chi connectivity index (χ2v) is 6.27. The van der Waals surface area contributed by atoms with E-state index in [0.29, 0.717) is 10.8 Å². The summed E-state index contributed by atoms with van der Waals surface area (Å²) in [6.45, 7) is -0.111. The predicted octanol–water partition coefficient (Wildman–Crippen LogP) is 3.53. The van der Waals surface area contributed by atoms with Crippen molar-refractivity contribution in [1.29, 1.82) is 0 Å². The molecule has 0 amide bonds. The van der Waals surface area contributed by atoms with Crippen molar-refractivity contribution in [3.8, 4) is 10.4 Å². The highest BCUT2D eigenvalue weighted by Crippen LogP contribution is 2.36. The Balaban J connectivity index is 2.06. The zero-order valence-electron chi connectivity index (χ0n) is 11.7. The first-order valence-electron chi connectivity index (χ1n) is 6.48. The summed E-state index contributed by atoms with van der Waals surface area (Å²) >= 11 is 7.45. The molecular weight excluding hydrogens is 322 g/mol. The minimum atomic E-state index is -0.899. The van der Waals surface area contributed by atoms with Crippen molar-refractivity contribution in [3.63, 3.8) is 0 Å². The fourth-order valence-electron chi connectivity index (χ4n) is 2.15. The Bertz CT molecular complexity index is 832. The van der Waals surface area contributed by atoms with Gasteiger partial charge in [-0.2, -0.15) is 0 Å². The van der Waals surface area contributed by atoms with Gasteiger partial charge in [-0.05, 0) is 23.8 Å². The Morgan fingerprint density at radius 1 is 1.32 bits per heavy atom. The lowest BCUT2D eigenvalue weighted by Gasteiger charge is -2.15. The maximum absolute atomic E-state index is 10.9. The SMILES string of the molecule is CN(CC(=O)O)c1ncnc2cc(-c3ccc(Cl)cc3)sc12. The van der Waals surface area contributed by atoms with Crippen LogP contribution in [0.15, 0.2) is 36.7 Å². The third-order valence-electron chi connectivity index (χ3n) is 3.16. The first-order chi connectivity index (χ1) is 10.5. The molecule has 7 heteroatoms. The number of thiophene rings is 1. The van der Waals surface area contributed by atoms with Gasteiger partial charge in [-0.25, -0.2) is 9.97 Å². The molecule has 5 nitrogen and oxygen atoms in total. The molecule has 1 aromatic carbocycles. The maximum atomic E-state index is 10.9. The zero-order chi connectivity index (χ0) is 15.7. The van der Waals surface area contributed by atoms with E-state index in [1.807, 2.05) is 30.3 Å². The number of aliphatic carboxylic acids is 1. The van der Waals surface area contributed by atoms with Crippen LogP contribution in [0.1, 0.15) is 0 Å². The second kappa shape index (κ2) is 5.90. The summed E-state index contributed by atoms with van der Waals surface area (Å²) in [6.07, 6.45) is 1.45. The third kappa shape index (κ3) is 2.88. The molecule has 0 unspecified atom stereocenters. The van der Waals surface area contributed by atoms with E-state index in [-0.39, 0.29) is 6.54 Å². The number of hydrogen-bond donors (Lipinski definition) is 1. The Morgan fingerprint density at radius 3 is 2.73 bits per heavy atom. The predicted molar refractivity (Wildman–Crippen MR) is 88.8 cm³/mol. The Hall–Kier alpha value is -2.18. The highest BCUT2D eigenvalue weighted by molar-refractivity contribution is 7.22. The van der Waals surface area contributed by atoms with Gasteiger partial charge in [0.2, 0.25) is 0 Å². The van der Waals surface area contributed by atoms with Crippen LogP contribution in [0.3, 0.4) is 0 Å². The Kier molecular flexibility index (Phi) is 3.96. The van der Waals surface area contributed by atoms with Crippen LogP contribution in [0, 0.1) is 0 Å². The number of rotatable bonds is 4. The molecule has 3 rings (SSSR count). The molecule has 1 N–H and O–H groups in total. The lowest BCUT2D eigenvalue weighted by Crippen LogP contribution is -2.25. The van der Waals surface area contributed by atoms with Crippen molar-refractivity contribution in [2.24, 2.45) is 0 Å². The monoisotopic (exact) mass is 333 g/mol. The topological polar surface area (TPSA) is 66.3 Å². The summed E-state index contributed by atoms with van der Waals surface area (Å²) in [5, 5.41) is 9.62. The maximum Gasteiger partial charge on any atom is 0.323 e. The average Bonchev–Trinajstić information content (AvgIpc) is 2.90. The lowest BCUT2D eigenvalue weighted by molar-refractivity contribution is -0.135. The summed E-state index contributed by atoms with van der Waals surface area (Å²) in [4.78, 5) is 22.0. The van der Waals surface area contributed by atoms with Crippen LogP contribution >= 0.6 is 22.9 Å². The first-order valence-corrected chi connectivity index (χ1v) is 7.67. The lowest BCUT2D eigenvalue weighted by atomic mass is 10.2. The number of hydrogen-bond acceptors (Lipinski definition) is 5. The number of carbonyl (C=O) groups is 1. The smallest absolute Gasteiger partial charge is 0.323 e. The summed E-state index contributed by atoms with van der Waals surface area (Å²) in [5.74, 6) is -0.277. The van der Waals surface area contributed by atoms with Crippen LogP contribution in [0.25, 0.3) is 20.7 Å². The van der Waals surface area contributed by atoms with Crippen LogP contribution in [-0.4, -0.2) is 34.6 Å². The van der Waals surface area contributed by atoms with Crippen molar-refractivity contribution in [2.75, 3.05) is 18.5 Å². The Morgan fingerprint density at radius 2 is 2.05 bits per heavy atom. The average molecular weight is 334 g/mol. The molecule has 2 heterocycles. The van der Waals surface area contributed by atoms with Crippen LogP contribution in [0.4, 0.5) is 5.82 Å². The van der Waals surface area contributed by atoms with Gasteiger partial charge in [0.1, 0.15) is 18.7 Å². The van der Waals surface area contributed by atoms with Gasteiger partial charge in [0.05, 0.1) is 10.2 Å². The van der Waals surface area contributed by atoms with Gasteiger partial charge in [-0.15, -0.1) is 11.3 Å². The largest absolute Gasteiger partial charge is 0.480 e. The molecule has 0 saturated heterocycles. The highest BCUT2D eigenvalue weighted by Gasteiger charge is 2.15. The van der Waals surface area contributed by atoms with Crippen molar-refractivity contribution in [3.05, 3.63) is 41.7 Å². The van der Waals surface area contributed by atoms with E-state index in [2.05, 4.69) is 9.97 Å². The highest BCUT2D eigenvalue weighted by atomic mass is 35.5. The Labute approximate surface area is 135 Å².